The fourth-order valence-electron chi connectivity index (χ4n) is 3.37. The summed E-state index contributed by atoms with van der Waals surface area (Å²) in [4.78, 5) is 14.9. The zero-order valence-electron chi connectivity index (χ0n) is 17.5. The number of anilines is 1. The molecule has 166 valence electrons. The Morgan fingerprint density at radius 2 is 1.69 bits per heavy atom. The molecule has 0 unspecified atom stereocenters. The van der Waals surface area contributed by atoms with Crippen LogP contribution in [-0.2, 0) is 16.6 Å². The van der Waals surface area contributed by atoms with E-state index in [-0.39, 0.29) is 22.5 Å². The number of sulfonamides is 1. The molecule has 3 aromatic carbocycles. The maximum atomic E-state index is 13.8. The summed E-state index contributed by atoms with van der Waals surface area (Å²) in [6, 6.07) is 19.0. The molecule has 0 saturated heterocycles. The third-order valence-electron chi connectivity index (χ3n) is 5.29. The van der Waals surface area contributed by atoms with Crippen molar-refractivity contribution >= 4 is 21.6 Å². The van der Waals surface area contributed by atoms with Crippen LogP contribution in [0.25, 0.3) is 0 Å². The number of halogens is 1. The first-order chi connectivity index (χ1) is 15.4. The van der Waals surface area contributed by atoms with Crippen LogP contribution in [0.4, 0.5) is 10.1 Å². The molecule has 0 spiro atoms. The SMILES string of the molecule is COc1ccc(CN(C(=O)c2ccc(S(=O)(=O)Nc3ccccc3F)cc2)C2CC2)cc1. The van der Waals surface area contributed by atoms with Crippen LogP contribution in [0, 0.1) is 5.82 Å². The minimum Gasteiger partial charge on any atom is -0.497 e. The summed E-state index contributed by atoms with van der Waals surface area (Å²) in [6.07, 6.45) is 1.89. The highest BCUT2D eigenvalue weighted by Gasteiger charge is 2.33. The zero-order valence-corrected chi connectivity index (χ0v) is 18.3. The maximum Gasteiger partial charge on any atom is 0.261 e. The van der Waals surface area contributed by atoms with Gasteiger partial charge in [0.1, 0.15) is 11.6 Å². The smallest absolute Gasteiger partial charge is 0.261 e. The largest absolute Gasteiger partial charge is 0.497 e. The van der Waals surface area contributed by atoms with E-state index in [9.17, 15) is 17.6 Å². The summed E-state index contributed by atoms with van der Waals surface area (Å²) in [5.41, 5.74) is 1.25. The van der Waals surface area contributed by atoms with E-state index >= 15 is 0 Å². The Labute approximate surface area is 186 Å². The molecular formula is C24H23FN2O4S. The lowest BCUT2D eigenvalue weighted by Gasteiger charge is -2.23. The van der Waals surface area contributed by atoms with E-state index < -0.39 is 15.8 Å². The predicted molar refractivity (Wildman–Crippen MR) is 120 cm³/mol. The first-order valence-corrected chi connectivity index (χ1v) is 11.7. The number of hydrogen-bond acceptors (Lipinski definition) is 4. The Morgan fingerprint density at radius 3 is 2.28 bits per heavy atom. The Balaban J connectivity index is 1.50. The average molecular weight is 455 g/mol. The van der Waals surface area contributed by atoms with Crippen molar-refractivity contribution in [1.29, 1.82) is 0 Å². The molecule has 32 heavy (non-hydrogen) atoms. The minimum absolute atomic E-state index is 0.0505. The van der Waals surface area contributed by atoms with E-state index in [2.05, 4.69) is 4.72 Å². The van der Waals surface area contributed by atoms with Crippen LogP contribution in [0.1, 0.15) is 28.8 Å². The van der Waals surface area contributed by atoms with Gasteiger partial charge in [-0.15, -0.1) is 0 Å². The van der Waals surface area contributed by atoms with Crippen molar-refractivity contribution in [3.8, 4) is 5.75 Å². The fourth-order valence-corrected chi connectivity index (χ4v) is 4.44. The molecule has 3 aromatic rings. The van der Waals surface area contributed by atoms with Crippen molar-refractivity contribution in [2.75, 3.05) is 11.8 Å². The molecule has 0 aliphatic heterocycles. The van der Waals surface area contributed by atoms with Crippen LogP contribution in [0.2, 0.25) is 0 Å². The molecule has 0 heterocycles. The van der Waals surface area contributed by atoms with Gasteiger partial charge in [0, 0.05) is 18.2 Å². The highest BCUT2D eigenvalue weighted by atomic mass is 32.2. The van der Waals surface area contributed by atoms with Gasteiger partial charge in [-0.2, -0.15) is 0 Å². The normalized spacial score (nSPS) is 13.4. The molecule has 0 atom stereocenters. The van der Waals surface area contributed by atoms with Gasteiger partial charge in [-0.25, -0.2) is 12.8 Å². The predicted octanol–water partition coefficient (Wildman–Crippen LogP) is 4.44. The van der Waals surface area contributed by atoms with Gasteiger partial charge in [-0.05, 0) is 66.9 Å². The van der Waals surface area contributed by atoms with Crippen LogP contribution in [-0.4, -0.2) is 32.4 Å². The van der Waals surface area contributed by atoms with E-state index in [0.717, 1.165) is 24.2 Å². The lowest BCUT2D eigenvalue weighted by molar-refractivity contribution is 0.0730. The summed E-state index contributed by atoms with van der Waals surface area (Å²) in [7, 11) is -2.38. The topological polar surface area (TPSA) is 75.7 Å². The Hall–Kier alpha value is -3.39. The monoisotopic (exact) mass is 454 g/mol. The molecular weight excluding hydrogens is 431 g/mol. The van der Waals surface area contributed by atoms with Crippen molar-refractivity contribution in [3.05, 3.63) is 89.7 Å². The highest BCUT2D eigenvalue weighted by Crippen LogP contribution is 2.30. The Kier molecular flexibility index (Phi) is 6.14. The van der Waals surface area contributed by atoms with E-state index in [4.69, 9.17) is 4.74 Å². The molecule has 1 N–H and O–H groups in total. The summed E-state index contributed by atoms with van der Waals surface area (Å²) < 4.78 is 46.4. The third-order valence-corrected chi connectivity index (χ3v) is 6.67. The van der Waals surface area contributed by atoms with E-state index in [1.165, 1.54) is 48.5 Å². The van der Waals surface area contributed by atoms with Gasteiger partial charge >= 0.3 is 0 Å². The van der Waals surface area contributed by atoms with Crippen molar-refractivity contribution in [3.63, 3.8) is 0 Å². The summed E-state index contributed by atoms with van der Waals surface area (Å²) in [6.45, 7) is 0.461. The highest BCUT2D eigenvalue weighted by molar-refractivity contribution is 7.92. The van der Waals surface area contributed by atoms with E-state index in [1.807, 2.05) is 29.2 Å². The number of amides is 1. The summed E-state index contributed by atoms with van der Waals surface area (Å²) >= 11 is 0. The molecule has 6 nitrogen and oxygen atoms in total. The number of nitrogens with one attached hydrogen (secondary N) is 1. The van der Waals surface area contributed by atoms with Gasteiger partial charge < -0.3 is 9.64 Å². The maximum absolute atomic E-state index is 13.8. The third kappa shape index (κ3) is 4.91. The molecule has 0 bridgehead atoms. The van der Waals surface area contributed by atoms with Crippen LogP contribution in [0.3, 0.4) is 0 Å². The number of carbonyl (C=O) groups excluding carboxylic acids is 1. The average Bonchev–Trinajstić information content (AvgIpc) is 3.64. The quantitative estimate of drug-likeness (QED) is 0.546. The second-order valence-electron chi connectivity index (χ2n) is 7.62. The summed E-state index contributed by atoms with van der Waals surface area (Å²) in [5.74, 6) is -0.0744. The second kappa shape index (κ2) is 9.00. The Bertz CT molecular complexity index is 1210. The molecule has 8 heteroatoms. The molecule has 0 radical (unpaired) electrons. The lowest BCUT2D eigenvalue weighted by atomic mass is 10.1. The van der Waals surface area contributed by atoms with E-state index in [0.29, 0.717) is 12.1 Å². The fraction of sp³-hybridized carbons (Fsp3) is 0.208. The van der Waals surface area contributed by atoms with Gasteiger partial charge in [0.2, 0.25) is 0 Å². The lowest BCUT2D eigenvalue weighted by Crippen LogP contribution is -2.32. The first-order valence-electron chi connectivity index (χ1n) is 10.2. The van der Waals surface area contributed by atoms with Gasteiger partial charge in [0.15, 0.2) is 0 Å². The summed E-state index contributed by atoms with van der Waals surface area (Å²) in [5, 5.41) is 0. The number of hydrogen-bond donors (Lipinski definition) is 1. The number of benzene rings is 3. The van der Waals surface area contributed by atoms with Gasteiger partial charge in [-0.1, -0.05) is 24.3 Å². The molecule has 0 aromatic heterocycles. The van der Waals surface area contributed by atoms with Gasteiger partial charge in [0.25, 0.3) is 15.9 Å². The van der Waals surface area contributed by atoms with Crippen molar-refractivity contribution in [1.82, 2.24) is 4.90 Å². The molecule has 1 aliphatic rings. The van der Waals surface area contributed by atoms with Gasteiger partial charge in [-0.3, -0.25) is 9.52 Å². The van der Waals surface area contributed by atoms with Crippen molar-refractivity contribution in [2.24, 2.45) is 0 Å². The second-order valence-corrected chi connectivity index (χ2v) is 9.30. The van der Waals surface area contributed by atoms with Crippen LogP contribution >= 0.6 is 0 Å². The Morgan fingerprint density at radius 1 is 1.03 bits per heavy atom. The molecule has 1 saturated carbocycles. The molecule has 4 rings (SSSR count). The van der Waals surface area contributed by atoms with Crippen LogP contribution in [0.5, 0.6) is 5.75 Å². The first kappa shape index (κ1) is 21.8. The van der Waals surface area contributed by atoms with Crippen molar-refractivity contribution in [2.45, 2.75) is 30.3 Å². The van der Waals surface area contributed by atoms with Gasteiger partial charge in [0.05, 0.1) is 17.7 Å². The number of nitrogens with zero attached hydrogens (tertiary/aromatic N) is 1. The number of para-hydroxylation sites is 1. The number of carbonyl (C=O) groups is 1. The number of methoxy groups -OCH3 is 1. The molecule has 1 fully saturated rings. The minimum atomic E-state index is -3.98. The van der Waals surface area contributed by atoms with Crippen LogP contribution in [0.15, 0.2) is 77.7 Å². The van der Waals surface area contributed by atoms with Crippen LogP contribution < -0.4 is 9.46 Å². The number of rotatable bonds is 8. The number of ether oxygens (including phenoxy) is 1. The zero-order chi connectivity index (χ0) is 22.7. The molecule has 1 aliphatic carbocycles. The van der Waals surface area contributed by atoms with E-state index in [1.54, 1.807) is 7.11 Å². The molecule has 1 amide bonds. The van der Waals surface area contributed by atoms with Crippen molar-refractivity contribution < 1.29 is 22.3 Å². The standard InChI is InChI=1S/C24H23FN2O4S/c1-31-20-12-6-17(7-13-20)16-27(19-10-11-19)24(28)18-8-14-21(15-9-18)32(29,30)26-23-5-3-2-4-22(23)25/h2-9,12-15,19,26H,10-11,16H2,1H3.